The second kappa shape index (κ2) is 6.24. The summed E-state index contributed by atoms with van der Waals surface area (Å²) in [4.78, 5) is 28.9. The highest BCUT2D eigenvalue weighted by atomic mass is 16.7. The largest absolute Gasteiger partial charge is 0.442 e. The number of nitrogens with zero attached hydrogens (tertiary/aromatic N) is 2. The van der Waals surface area contributed by atoms with Crippen molar-refractivity contribution in [2.45, 2.75) is 52.7 Å². The quantitative estimate of drug-likeness (QED) is 0.680. The van der Waals surface area contributed by atoms with Gasteiger partial charge in [-0.15, -0.1) is 5.10 Å². The Kier molecular flexibility index (Phi) is 4.66. The van der Waals surface area contributed by atoms with E-state index in [9.17, 15) is 9.59 Å². The smallest absolute Gasteiger partial charge is 0.435 e. The standard InChI is InChI=1S/C17H23N3O4/c1-16(2,3)23-15(22)20-13-8-7-11(10-21)9-12(13)14(18-20)19-24-17(4,5)6/h7-10H,1-6H3,(H,18,19). The highest BCUT2D eigenvalue weighted by Crippen LogP contribution is 2.26. The molecule has 0 aliphatic rings. The summed E-state index contributed by atoms with van der Waals surface area (Å²) in [6, 6.07) is 4.91. The van der Waals surface area contributed by atoms with Crippen LogP contribution < -0.4 is 5.48 Å². The minimum atomic E-state index is -0.645. The number of hydrogen-bond acceptors (Lipinski definition) is 6. The molecule has 1 aromatic carbocycles. The van der Waals surface area contributed by atoms with Gasteiger partial charge in [0.15, 0.2) is 5.82 Å². The van der Waals surface area contributed by atoms with Gasteiger partial charge in [-0.25, -0.2) is 10.3 Å². The molecule has 24 heavy (non-hydrogen) atoms. The van der Waals surface area contributed by atoms with Gasteiger partial charge in [-0.2, -0.15) is 4.68 Å². The van der Waals surface area contributed by atoms with Crippen LogP contribution in [0.5, 0.6) is 0 Å². The van der Waals surface area contributed by atoms with E-state index in [2.05, 4.69) is 10.6 Å². The molecule has 0 unspecified atom stereocenters. The van der Waals surface area contributed by atoms with Crippen molar-refractivity contribution in [1.82, 2.24) is 9.78 Å². The molecule has 7 nitrogen and oxygen atoms in total. The highest BCUT2D eigenvalue weighted by molar-refractivity contribution is 5.98. The Balaban J connectivity index is 2.48. The molecule has 0 aliphatic heterocycles. The van der Waals surface area contributed by atoms with Crippen LogP contribution in [-0.4, -0.2) is 33.4 Å². The van der Waals surface area contributed by atoms with E-state index < -0.39 is 17.3 Å². The van der Waals surface area contributed by atoms with Gasteiger partial charge in [0.2, 0.25) is 0 Å². The summed E-state index contributed by atoms with van der Waals surface area (Å²) in [5.74, 6) is 0.342. The fourth-order valence-electron chi connectivity index (χ4n) is 1.93. The van der Waals surface area contributed by atoms with Gasteiger partial charge in [0.05, 0.1) is 11.1 Å². The maximum absolute atomic E-state index is 12.4. The van der Waals surface area contributed by atoms with Crippen molar-refractivity contribution in [3.05, 3.63) is 23.8 Å². The van der Waals surface area contributed by atoms with Gasteiger partial charge in [-0.3, -0.25) is 9.63 Å². The molecule has 0 fully saturated rings. The topological polar surface area (TPSA) is 82.4 Å². The third kappa shape index (κ3) is 4.32. The molecule has 0 radical (unpaired) electrons. The molecule has 2 aromatic rings. The van der Waals surface area contributed by atoms with E-state index in [0.717, 1.165) is 11.0 Å². The van der Waals surface area contributed by atoms with Gasteiger partial charge in [0.25, 0.3) is 0 Å². The van der Waals surface area contributed by atoms with Gasteiger partial charge >= 0.3 is 6.09 Å². The third-order valence-corrected chi connectivity index (χ3v) is 2.86. The predicted octanol–water partition coefficient (Wildman–Crippen LogP) is 3.77. The van der Waals surface area contributed by atoms with Crippen LogP contribution in [0.3, 0.4) is 0 Å². The summed E-state index contributed by atoms with van der Waals surface area (Å²) < 4.78 is 6.53. The summed E-state index contributed by atoms with van der Waals surface area (Å²) in [6.07, 6.45) is 0.133. The van der Waals surface area contributed by atoms with Crippen molar-refractivity contribution in [3.63, 3.8) is 0 Å². The zero-order valence-electron chi connectivity index (χ0n) is 14.8. The zero-order valence-corrected chi connectivity index (χ0v) is 14.8. The maximum atomic E-state index is 12.4. The number of aldehydes is 1. The number of aromatic nitrogens is 2. The van der Waals surface area contributed by atoms with Crippen molar-refractivity contribution < 1.29 is 19.2 Å². The summed E-state index contributed by atoms with van der Waals surface area (Å²) in [5.41, 5.74) is 2.66. The molecule has 0 spiro atoms. The molecule has 0 aliphatic carbocycles. The number of fused-ring (bicyclic) bond motifs is 1. The molecule has 7 heteroatoms. The number of carbonyl (C=O) groups excluding carboxylic acids is 2. The first-order chi connectivity index (χ1) is 11.0. The van der Waals surface area contributed by atoms with E-state index >= 15 is 0 Å². The Labute approximate surface area is 140 Å². The van der Waals surface area contributed by atoms with Crippen LogP contribution in [0, 0.1) is 0 Å². The monoisotopic (exact) mass is 333 g/mol. The molecule has 0 amide bonds. The van der Waals surface area contributed by atoms with Crippen LogP contribution in [0.4, 0.5) is 10.6 Å². The first-order valence-electron chi connectivity index (χ1n) is 7.65. The lowest BCUT2D eigenvalue weighted by molar-refractivity contribution is 0.0366. The molecule has 0 bridgehead atoms. The van der Waals surface area contributed by atoms with Crippen molar-refractivity contribution in [2.75, 3.05) is 5.48 Å². The Bertz CT molecular complexity index is 766. The SMILES string of the molecule is CC(C)(C)ONc1nn(C(=O)OC(C)(C)C)c2ccc(C=O)cc12. The number of carbonyl (C=O) groups is 2. The first-order valence-corrected chi connectivity index (χ1v) is 7.65. The summed E-state index contributed by atoms with van der Waals surface area (Å²) in [7, 11) is 0. The molecule has 2 rings (SSSR count). The maximum Gasteiger partial charge on any atom is 0.435 e. The lowest BCUT2D eigenvalue weighted by Gasteiger charge is -2.19. The Morgan fingerprint density at radius 3 is 2.38 bits per heavy atom. The normalized spacial score (nSPS) is 12.2. The van der Waals surface area contributed by atoms with Crippen LogP contribution in [0.1, 0.15) is 51.9 Å². The van der Waals surface area contributed by atoms with E-state index in [4.69, 9.17) is 9.57 Å². The number of benzene rings is 1. The first kappa shape index (κ1) is 17.9. The van der Waals surface area contributed by atoms with Crippen LogP contribution in [0.25, 0.3) is 10.9 Å². The van der Waals surface area contributed by atoms with E-state index in [1.165, 1.54) is 0 Å². The minimum Gasteiger partial charge on any atom is -0.442 e. The van der Waals surface area contributed by atoms with E-state index in [-0.39, 0.29) is 0 Å². The highest BCUT2D eigenvalue weighted by Gasteiger charge is 2.23. The number of ether oxygens (including phenoxy) is 1. The molecule has 1 aromatic heterocycles. The third-order valence-electron chi connectivity index (χ3n) is 2.86. The number of hydrogen-bond donors (Lipinski definition) is 1. The van der Waals surface area contributed by atoms with Crippen LogP contribution >= 0.6 is 0 Å². The Morgan fingerprint density at radius 2 is 1.83 bits per heavy atom. The average Bonchev–Trinajstić information content (AvgIpc) is 2.80. The van der Waals surface area contributed by atoms with Gasteiger partial charge in [0, 0.05) is 10.9 Å². The predicted molar refractivity (Wildman–Crippen MR) is 91.2 cm³/mol. The van der Waals surface area contributed by atoms with Crippen molar-refractivity contribution in [3.8, 4) is 0 Å². The lowest BCUT2D eigenvalue weighted by atomic mass is 10.1. The molecule has 1 N–H and O–H groups in total. The lowest BCUT2D eigenvalue weighted by Crippen LogP contribution is -2.28. The van der Waals surface area contributed by atoms with Crippen molar-refractivity contribution in [1.29, 1.82) is 0 Å². The summed E-state index contributed by atoms with van der Waals surface area (Å²) in [6.45, 7) is 11.0. The molecule has 0 saturated carbocycles. The number of rotatable bonds is 3. The summed E-state index contributed by atoms with van der Waals surface area (Å²) in [5, 5.41) is 4.83. The second-order valence-electron chi connectivity index (χ2n) is 7.45. The van der Waals surface area contributed by atoms with Crippen LogP contribution in [0.2, 0.25) is 0 Å². The van der Waals surface area contributed by atoms with Gasteiger partial charge in [-0.05, 0) is 59.7 Å². The van der Waals surface area contributed by atoms with Gasteiger partial charge in [-0.1, -0.05) is 0 Å². The van der Waals surface area contributed by atoms with E-state index in [1.807, 2.05) is 20.8 Å². The Morgan fingerprint density at radius 1 is 1.17 bits per heavy atom. The molecule has 1 heterocycles. The van der Waals surface area contributed by atoms with Crippen molar-refractivity contribution in [2.24, 2.45) is 0 Å². The fourth-order valence-corrected chi connectivity index (χ4v) is 1.93. The molecule has 0 atom stereocenters. The molecular formula is C17H23N3O4. The number of anilines is 1. The summed E-state index contributed by atoms with van der Waals surface area (Å²) >= 11 is 0. The average molecular weight is 333 g/mol. The molecule has 0 saturated heterocycles. The van der Waals surface area contributed by atoms with Crippen LogP contribution in [0.15, 0.2) is 18.2 Å². The molecular weight excluding hydrogens is 310 g/mol. The minimum absolute atomic E-state index is 0.342. The van der Waals surface area contributed by atoms with Gasteiger partial charge in [0.1, 0.15) is 11.9 Å². The van der Waals surface area contributed by atoms with Crippen LogP contribution in [-0.2, 0) is 9.57 Å². The van der Waals surface area contributed by atoms with E-state index in [1.54, 1.807) is 39.0 Å². The second-order valence-corrected chi connectivity index (χ2v) is 7.45. The fraction of sp³-hybridized carbons (Fsp3) is 0.471. The van der Waals surface area contributed by atoms with Gasteiger partial charge < -0.3 is 4.74 Å². The zero-order chi connectivity index (χ0) is 18.1. The molecule has 130 valence electrons. The number of nitrogens with one attached hydrogen (secondary N) is 1. The van der Waals surface area contributed by atoms with E-state index in [0.29, 0.717) is 22.3 Å². The van der Waals surface area contributed by atoms with Crippen molar-refractivity contribution >= 4 is 29.1 Å². The Hall–Kier alpha value is -2.41.